The van der Waals surface area contributed by atoms with E-state index in [1.54, 1.807) is 11.9 Å². The first-order valence-corrected chi connectivity index (χ1v) is 9.94. The van der Waals surface area contributed by atoms with Gasteiger partial charge in [0.1, 0.15) is 11.6 Å². The second-order valence-corrected chi connectivity index (χ2v) is 7.15. The zero-order chi connectivity index (χ0) is 20.1. The van der Waals surface area contributed by atoms with Crippen molar-refractivity contribution in [1.29, 1.82) is 0 Å². The second kappa shape index (κ2) is 8.91. The van der Waals surface area contributed by atoms with Gasteiger partial charge in [0.05, 0.1) is 17.6 Å². The lowest BCUT2D eigenvalue weighted by Gasteiger charge is -2.19. The summed E-state index contributed by atoms with van der Waals surface area (Å²) in [5.41, 5.74) is 3.20. The predicted octanol–water partition coefficient (Wildman–Crippen LogP) is 4.61. The van der Waals surface area contributed by atoms with Gasteiger partial charge in [0, 0.05) is 13.6 Å². The highest BCUT2D eigenvalue weighted by atomic mass is 16.5. The first-order chi connectivity index (χ1) is 13.5. The molecule has 148 valence electrons. The van der Waals surface area contributed by atoms with Gasteiger partial charge in [-0.05, 0) is 43.0 Å². The van der Waals surface area contributed by atoms with E-state index >= 15 is 0 Å². The molecule has 0 fully saturated rings. The molecule has 3 aromatic rings. The van der Waals surface area contributed by atoms with Crippen molar-refractivity contribution in [2.75, 3.05) is 13.7 Å². The van der Waals surface area contributed by atoms with Crippen LogP contribution in [0.4, 0.5) is 0 Å². The third kappa shape index (κ3) is 4.19. The standard InChI is InChI=1S/C23H29N3O2/c1-5-17(3)18-11-7-10-14-21(18)28-16-23(27)25(4)15-22-24-19-12-8-9-13-20(19)26(22)6-2/h7-14,17H,5-6,15-16H2,1-4H3. The van der Waals surface area contributed by atoms with Crippen LogP contribution in [-0.2, 0) is 17.9 Å². The average Bonchev–Trinajstić information content (AvgIpc) is 3.08. The van der Waals surface area contributed by atoms with Crippen LogP contribution in [0.3, 0.4) is 0 Å². The molecule has 1 atom stereocenters. The maximum absolute atomic E-state index is 12.7. The van der Waals surface area contributed by atoms with Crippen molar-refractivity contribution in [1.82, 2.24) is 14.5 Å². The zero-order valence-corrected chi connectivity index (χ0v) is 17.2. The quantitative estimate of drug-likeness (QED) is 0.574. The van der Waals surface area contributed by atoms with E-state index in [1.165, 1.54) is 0 Å². The topological polar surface area (TPSA) is 47.4 Å². The Balaban J connectivity index is 1.68. The normalized spacial score (nSPS) is 12.1. The molecule has 0 aliphatic heterocycles. The summed E-state index contributed by atoms with van der Waals surface area (Å²) in [5, 5.41) is 0. The van der Waals surface area contributed by atoms with Crippen LogP contribution < -0.4 is 4.74 Å². The van der Waals surface area contributed by atoms with Gasteiger partial charge in [-0.15, -0.1) is 0 Å². The number of aryl methyl sites for hydroxylation is 1. The van der Waals surface area contributed by atoms with Crippen LogP contribution in [0.25, 0.3) is 11.0 Å². The molecule has 0 aliphatic carbocycles. The smallest absolute Gasteiger partial charge is 0.260 e. The third-order valence-electron chi connectivity index (χ3n) is 5.27. The number of hydrogen-bond acceptors (Lipinski definition) is 3. The molecule has 0 bridgehead atoms. The molecule has 28 heavy (non-hydrogen) atoms. The van der Waals surface area contributed by atoms with Gasteiger partial charge < -0.3 is 14.2 Å². The molecule has 0 saturated carbocycles. The minimum Gasteiger partial charge on any atom is -0.483 e. The summed E-state index contributed by atoms with van der Waals surface area (Å²) < 4.78 is 8.03. The number of carbonyl (C=O) groups is 1. The Kier molecular flexibility index (Phi) is 6.34. The molecule has 0 N–H and O–H groups in total. The Morgan fingerprint density at radius 1 is 1.14 bits per heavy atom. The van der Waals surface area contributed by atoms with Crippen molar-refractivity contribution in [3.63, 3.8) is 0 Å². The summed E-state index contributed by atoms with van der Waals surface area (Å²) in [6.45, 7) is 7.71. The number of imidazole rings is 1. The largest absolute Gasteiger partial charge is 0.483 e. The highest BCUT2D eigenvalue weighted by Crippen LogP contribution is 2.28. The minimum atomic E-state index is -0.0614. The summed E-state index contributed by atoms with van der Waals surface area (Å²) in [5.74, 6) is 2.01. The van der Waals surface area contributed by atoms with E-state index in [1.807, 2.05) is 36.4 Å². The van der Waals surface area contributed by atoms with Crippen LogP contribution in [0.5, 0.6) is 5.75 Å². The average molecular weight is 380 g/mol. The monoisotopic (exact) mass is 379 g/mol. The minimum absolute atomic E-state index is 0.0241. The van der Waals surface area contributed by atoms with Gasteiger partial charge in [-0.3, -0.25) is 4.79 Å². The molecule has 5 nitrogen and oxygen atoms in total. The molecule has 3 rings (SSSR count). The van der Waals surface area contributed by atoms with Crippen molar-refractivity contribution >= 4 is 16.9 Å². The number of likely N-dealkylation sites (N-methyl/N-ethyl adjacent to an activating group) is 1. The van der Waals surface area contributed by atoms with E-state index in [-0.39, 0.29) is 12.5 Å². The number of aromatic nitrogens is 2. The molecular formula is C23H29N3O2. The number of ether oxygens (including phenoxy) is 1. The first kappa shape index (κ1) is 19.9. The molecule has 2 aromatic carbocycles. The summed E-state index contributed by atoms with van der Waals surface area (Å²) >= 11 is 0. The Morgan fingerprint density at radius 2 is 1.86 bits per heavy atom. The molecule has 1 unspecified atom stereocenters. The fourth-order valence-corrected chi connectivity index (χ4v) is 3.39. The van der Waals surface area contributed by atoms with Gasteiger partial charge in [-0.1, -0.05) is 44.2 Å². The van der Waals surface area contributed by atoms with Crippen LogP contribution in [0, 0.1) is 0 Å². The van der Waals surface area contributed by atoms with Crippen LogP contribution in [0.2, 0.25) is 0 Å². The van der Waals surface area contributed by atoms with Crippen molar-refractivity contribution < 1.29 is 9.53 Å². The molecule has 0 saturated heterocycles. The van der Waals surface area contributed by atoms with Crippen molar-refractivity contribution in [3.8, 4) is 5.75 Å². The molecule has 1 aromatic heterocycles. The fraction of sp³-hybridized carbons (Fsp3) is 0.391. The number of nitrogens with zero attached hydrogens (tertiary/aromatic N) is 3. The van der Waals surface area contributed by atoms with Gasteiger partial charge >= 0.3 is 0 Å². The van der Waals surface area contributed by atoms with E-state index in [2.05, 4.69) is 37.5 Å². The molecule has 0 aliphatic rings. The van der Waals surface area contributed by atoms with Crippen molar-refractivity contribution in [3.05, 3.63) is 59.9 Å². The van der Waals surface area contributed by atoms with E-state index < -0.39 is 0 Å². The first-order valence-electron chi connectivity index (χ1n) is 9.94. The lowest BCUT2D eigenvalue weighted by atomic mass is 9.98. The Bertz CT molecular complexity index is 948. The maximum Gasteiger partial charge on any atom is 0.260 e. The van der Waals surface area contributed by atoms with Crippen LogP contribution in [0.15, 0.2) is 48.5 Å². The number of benzene rings is 2. The van der Waals surface area contributed by atoms with Gasteiger partial charge in [0.15, 0.2) is 6.61 Å². The van der Waals surface area contributed by atoms with Gasteiger partial charge in [-0.25, -0.2) is 4.98 Å². The fourth-order valence-electron chi connectivity index (χ4n) is 3.39. The van der Waals surface area contributed by atoms with Gasteiger partial charge in [-0.2, -0.15) is 0 Å². The lowest BCUT2D eigenvalue weighted by molar-refractivity contribution is -0.132. The highest BCUT2D eigenvalue weighted by molar-refractivity contribution is 5.78. The highest BCUT2D eigenvalue weighted by Gasteiger charge is 2.17. The summed E-state index contributed by atoms with van der Waals surface area (Å²) in [6, 6.07) is 16.0. The molecule has 5 heteroatoms. The van der Waals surface area contributed by atoms with Crippen molar-refractivity contribution in [2.45, 2.75) is 46.2 Å². The van der Waals surface area contributed by atoms with Crippen LogP contribution in [0.1, 0.15) is 44.5 Å². The second-order valence-electron chi connectivity index (χ2n) is 7.15. The Labute approximate surface area is 166 Å². The molecule has 1 heterocycles. The Morgan fingerprint density at radius 3 is 2.61 bits per heavy atom. The predicted molar refractivity (Wildman–Crippen MR) is 113 cm³/mol. The van der Waals surface area contributed by atoms with E-state index in [4.69, 9.17) is 9.72 Å². The number of fused-ring (bicyclic) bond motifs is 1. The molecule has 0 spiro atoms. The van der Waals surface area contributed by atoms with E-state index in [0.29, 0.717) is 12.5 Å². The summed E-state index contributed by atoms with van der Waals surface area (Å²) in [6.07, 6.45) is 1.03. The Hall–Kier alpha value is -2.82. The maximum atomic E-state index is 12.7. The molecule has 0 radical (unpaired) electrons. The van der Waals surface area contributed by atoms with E-state index in [9.17, 15) is 4.79 Å². The summed E-state index contributed by atoms with van der Waals surface area (Å²) in [4.78, 5) is 19.0. The van der Waals surface area contributed by atoms with Gasteiger partial charge in [0.2, 0.25) is 0 Å². The number of hydrogen-bond donors (Lipinski definition) is 0. The van der Waals surface area contributed by atoms with Crippen LogP contribution in [-0.4, -0.2) is 34.0 Å². The number of carbonyl (C=O) groups excluding carboxylic acids is 1. The zero-order valence-electron chi connectivity index (χ0n) is 17.2. The number of amides is 1. The number of rotatable bonds is 8. The summed E-state index contributed by atoms with van der Waals surface area (Å²) in [7, 11) is 1.80. The third-order valence-corrected chi connectivity index (χ3v) is 5.27. The SMILES string of the molecule is CCC(C)c1ccccc1OCC(=O)N(C)Cc1nc2ccccc2n1CC. The van der Waals surface area contributed by atoms with Crippen molar-refractivity contribution in [2.24, 2.45) is 0 Å². The lowest BCUT2D eigenvalue weighted by Crippen LogP contribution is -2.32. The van der Waals surface area contributed by atoms with Crippen LogP contribution >= 0.6 is 0 Å². The molecular weight excluding hydrogens is 350 g/mol. The van der Waals surface area contributed by atoms with Gasteiger partial charge in [0.25, 0.3) is 5.91 Å². The van der Waals surface area contributed by atoms with E-state index in [0.717, 1.165) is 41.1 Å². The molecule has 1 amide bonds. The number of para-hydroxylation sites is 3.